The molecule has 1 aliphatic heterocycles. The van der Waals surface area contributed by atoms with E-state index in [0.29, 0.717) is 40.7 Å². The topological polar surface area (TPSA) is 80.3 Å². The number of benzene rings is 2. The van der Waals surface area contributed by atoms with Gasteiger partial charge in [-0.3, -0.25) is 9.59 Å². The quantitative estimate of drug-likeness (QED) is 0.717. The summed E-state index contributed by atoms with van der Waals surface area (Å²) < 4.78 is 16.0. The summed E-state index contributed by atoms with van der Waals surface area (Å²) in [6.45, 7) is 1.47. The summed E-state index contributed by atoms with van der Waals surface area (Å²) in [6, 6.07) is 10.2. The number of carbonyl (C=O) groups is 2. The zero-order chi connectivity index (χ0) is 21.7. The standard InChI is InChI=1S/C22H27N3O5/c1-24(2)8-5-9-25-19-12-16(6-7-20(19)30-14-21(25)26)23-22(27)15-10-17(28-3)13-18(11-15)29-4/h6-7,10-13H,5,8-9,14H2,1-4H3,(H,23,27). The Balaban J connectivity index is 1.80. The normalized spacial score (nSPS) is 13.0. The maximum atomic E-state index is 12.8. The molecule has 0 fully saturated rings. The number of anilines is 2. The minimum Gasteiger partial charge on any atom is -0.497 e. The van der Waals surface area contributed by atoms with Crippen molar-refractivity contribution in [3.63, 3.8) is 0 Å². The monoisotopic (exact) mass is 413 g/mol. The Morgan fingerprint density at radius 1 is 1.13 bits per heavy atom. The van der Waals surface area contributed by atoms with Gasteiger partial charge in [-0.25, -0.2) is 0 Å². The first kappa shape index (κ1) is 21.4. The van der Waals surface area contributed by atoms with Crippen LogP contribution in [0.5, 0.6) is 17.2 Å². The zero-order valence-corrected chi connectivity index (χ0v) is 17.7. The third-order valence-corrected chi connectivity index (χ3v) is 4.76. The minimum atomic E-state index is -0.311. The lowest BCUT2D eigenvalue weighted by Crippen LogP contribution is -2.40. The molecule has 160 valence electrons. The van der Waals surface area contributed by atoms with E-state index in [4.69, 9.17) is 14.2 Å². The number of amides is 2. The van der Waals surface area contributed by atoms with Crippen molar-refractivity contribution < 1.29 is 23.8 Å². The summed E-state index contributed by atoms with van der Waals surface area (Å²) in [5, 5.41) is 2.87. The second-order valence-corrected chi connectivity index (χ2v) is 7.23. The van der Waals surface area contributed by atoms with E-state index in [2.05, 4.69) is 10.2 Å². The van der Waals surface area contributed by atoms with Gasteiger partial charge in [-0.05, 0) is 57.4 Å². The Labute approximate surface area is 176 Å². The van der Waals surface area contributed by atoms with Crippen LogP contribution >= 0.6 is 0 Å². The molecule has 0 radical (unpaired) electrons. The summed E-state index contributed by atoms with van der Waals surface area (Å²) in [4.78, 5) is 29.0. The number of fused-ring (bicyclic) bond motifs is 1. The number of ether oxygens (including phenoxy) is 3. The minimum absolute atomic E-state index is 0.0181. The fraction of sp³-hybridized carbons (Fsp3) is 0.364. The van der Waals surface area contributed by atoms with Gasteiger partial charge >= 0.3 is 0 Å². The second-order valence-electron chi connectivity index (χ2n) is 7.23. The molecule has 0 unspecified atom stereocenters. The molecule has 0 aromatic heterocycles. The Morgan fingerprint density at radius 2 is 1.83 bits per heavy atom. The van der Waals surface area contributed by atoms with Crippen molar-refractivity contribution in [2.75, 3.05) is 58.2 Å². The third kappa shape index (κ3) is 5.01. The Kier molecular flexibility index (Phi) is 6.79. The molecule has 0 aliphatic carbocycles. The maximum absolute atomic E-state index is 12.8. The van der Waals surface area contributed by atoms with Crippen LogP contribution in [0.1, 0.15) is 16.8 Å². The van der Waals surface area contributed by atoms with Crippen molar-refractivity contribution in [2.45, 2.75) is 6.42 Å². The molecule has 2 amide bonds. The molecule has 8 nitrogen and oxygen atoms in total. The number of methoxy groups -OCH3 is 2. The summed E-state index contributed by atoms with van der Waals surface area (Å²) in [5.74, 6) is 1.27. The van der Waals surface area contributed by atoms with E-state index < -0.39 is 0 Å². The highest BCUT2D eigenvalue weighted by Crippen LogP contribution is 2.35. The summed E-state index contributed by atoms with van der Waals surface area (Å²) in [5.41, 5.74) is 1.63. The van der Waals surface area contributed by atoms with Gasteiger partial charge in [-0.1, -0.05) is 0 Å². The fourth-order valence-electron chi connectivity index (χ4n) is 3.21. The van der Waals surface area contributed by atoms with Gasteiger partial charge in [0.2, 0.25) is 0 Å². The van der Waals surface area contributed by atoms with E-state index >= 15 is 0 Å². The van der Waals surface area contributed by atoms with Crippen molar-refractivity contribution in [3.8, 4) is 17.2 Å². The number of nitrogens with one attached hydrogen (secondary N) is 1. The van der Waals surface area contributed by atoms with E-state index in [9.17, 15) is 9.59 Å². The average Bonchev–Trinajstić information content (AvgIpc) is 2.74. The van der Waals surface area contributed by atoms with Gasteiger partial charge in [0.25, 0.3) is 11.8 Å². The number of rotatable bonds is 8. The van der Waals surface area contributed by atoms with Gasteiger partial charge in [0.1, 0.15) is 17.2 Å². The van der Waals surface area contributed by atoms with E-state index in [1.807, 2.05) is 14.1 Å². The SMILES string of the molecule is COc1cc(OC)cc(C(=O)Nc2ccc3c(c2)N(CCCN(C)C)C(=O)CO3)c1. The van der Waals surface area contributed by atoms with E-state index in [0.717, 1.165) is 13.0 Å². The van der Waals surface area contributed by atoms with Gasteiger partial charge in [0.05, 0.1) is 19.9 Å². The lowest BCUT2D eigenvalue weighted by Gasteiger charge is -2.30. The molecule has 1 N–H and O–H groups in total. The summed E-state index contributed by atoms with van der Waals surface area (Å²) in [6.07, 6.45) is 0.832. The molecule has 30 heavy (non-hydrogen) atoms. The third-order valence-electron chi connectivity index (χ3n) is 4.76. The number of hydrogen-bond donors (Lipinski definition) is 1. The van der Waals surface area contributed by atoms with Crippen molar-refractivity contribution in [2.24, 2.45) is 0 Å². The first-order chi connectivity index (χ1) is 14.4. The number of nitrogens with zero attached hydrogens (tertiary/aromatic N) is 2. The van der Waals surface area contributed by atoms with Crippen LogP contribution in [-0.2, 0) is 4.79 Å². The fourth-order valence-corrected chi connectivity index (χ4v) is 3.21. The van der Waals surface area contributed by atoms with E-state index in [-0.39, 0.29) is 18.4 Å². The Bertz CT molecular complexity index is 907. The highest BCUT2D eigenvalue weighted by molar-refractivity contribution is 6.06. The van der Waals surface area contributed by atoms with Crippen LogP contribution in [-0.4, -0.2) is 64.7 Å². The van der Waals surface area contributed by atoms with Crippen LogP contribution in [0.15, 0.2) is 36.4 Å². The number of carbonyl (C=O) groups excluding carboxylic acids is 2. The summed E-state index contributed by atoms with van der Waals surface area (Å²) in [7, 11) is 7.05. The van der Waals surface area contributed by atoms with E-state index in [1.54, 1.807) is 41.3 Å². The smallest absolute Gasteiger partial charge is 0.265 e. The molecule has 8 heteroatoms. The van der Waals surface area contributed by atoms with E-state index in [1.165, 1.54) is 14.2 Å². The van der Waals surface area contributed by atoms with Gasteiger partial charge in [-0.15, -0.1) is 0 Å². The maximum Gasteiger partial charge on any atom is 0.265 e. The van der Waals surface area contributed by atoms with Gasteiger partial charge in [0, 0.05) is 23.9 Å². The lowest BCUT2D eigenvalue weighted by atomic mass is 10.1. The van der Waals surface area contributed by atoms with Crippen LogP contribution < -0.4 is 24.4 Å². The molecule has 2 aromatic carbocycles. The molecule has 0 atom stereocenters. The van der Waals surface area contributed by atoms with Crippen LogP contribution in [0.25, 0.3) is 0 Å². The first-order valence-electron chi connectivity index (χ1n) is 9.67. The highest BCUT2D eigenvalue weighted by atomic mass is 16.5. The molecule has 0 spiro atoms. The number of hydrogen-bond acceptors (Lipinski definition) is 6. The van der Waals surface area contributed by atoms with Crippen LogP contribution in [0.3, 0.4) is 0 Å². The molecule has 2 aromatic rings. The molecule has 0 saturated carbocycles. The summed E-state index contributed by atoms with van der Waals surface area (Å²) >= 11 is 0. The molecule has 3 rings (SSSR count). The van der Waals surface area contributed by atoms with Gasteiger partial charge in [0.15, 0.2) is 6.61 Å². The molecular formula is C22H27N3O5. The van der Waals surface area contributed by atoms with Crippen molar-refractivity contribution in [1.29, 1.82) is 0 Å². The highest BCUT2D eigenvalue weighted by Gasteiger charge is 2.25. The molecule has 1 heterocycles. The van der Waals surface area contributed by atoms with Crippen LogP contribution in [0.2, 0.25) is 0 Å². The molecule has 1 aliphatic rings. The predicted molar refractivity (Wildman–Crippen MR) is 115 cm³/mol. The first-order valence-corrected chi connectivity index (χ1v) is 9.67. The van der Waals surface area contributed by atoms with Crippen molar-refractivity contribution >= 4 is 23.2 Å². The molecule has 0 saturated heterocycles. The predicted octanol–water partition coefficient (Wildman–Crippen LogP) is 2.63. The zero-order valence-electron chi connectivity index (χ0n) is 17.7. The Morgan fingerprint density at radius 3 is 2.47 bits per heavy atom. The second kappa shape index (κ2) is 9.49. The van der Waals surface area contributed by atoms with Gasteiger partial charge in [-0.2, -0.15) is 0 Å². The van der Waals surface area contributed by atoms with Crippen LogP contribution in [0.4, 0.5) is 11.4 Å². The Hall–Kier alpha value is -3.26. The molecular weight excluding hydrogens is 386 g/mol. The molecule has 0 bridgehead atoms. The largest absolute Gasteiger partial charge is 0.497 e. The lowest BCUT2D eigenvalue weighted by molar-refractivity contribution is -0.121. The van der Waals surface area contributed by atoms with Crippen molar-refractivity contribution in [3.05, 3.63) is 42.0 Å². The van der Waals surface area contributed by atoms with Crippen molar-refractivity contribution in [1.82, 2.24) is 4.90 Å². The average molecular weight is 413 g/mol. The van der Waals surface area contributed by atoms with Gasteiger partial charge < -0.3 is 29.3 Å². The van der Waals surface area contributed by atoms with Crippen LogP contribution in [0, 0.1) is 0 Å².